The lowest BCUT2D eigenvalue weighted by atomic mass is 9.92. The van der Waals surface area contributed by atoms with E-state index in [1.165, 1.54) is 41.9 Å². The van der Waals surface area contributed by atoms with Crippen LogP contribution in [0.2, 0.25) is 0 Å². The number of para-hydroxylation sites is 1. The van der Waals surface area contributed by atoms with E-state index in [9.17, 15) is 36.0 Å². The summed E-state index contributed by atoms with van der Waals surface area (Å²) in [6.45, 7) is 1.52. The number of pyridine rings is 1. The molecule has 3 aromatic carbocycles. The molecule has 1 aliphatic rings. The molecule has 1 saturated heterocycles. The maximum absolute atomic E-state index is 13.2. The van der Waals surface area contributed by atoms with Crippen LogP contribution in [0.15, 0.2) is 89.8 Å². The van der Waals surface area contributed by atoms with Crippen molar-refractivity contribution in [2.24, 2.45) is 5.92 Å². The number of benzene rings is 3. The summed E-state index contributed by atoms with van der Waals surface area (Å²) in [5.41, 5.74) is 4.25. The zero-order valence-electron chi connectivity index (χ0n) is 24.9. The van der Waals surface area contributed by atoms with Crippen molar-refractivity contribution in [3.63, 3.8) is 0 Å². The van der Waals surface area contributed by atoms with Gasteiger partial charge in [0.2, 0.25) is 10.0 Å². The maximum atomic E-state index is 13.2. The summed E-state index contributed by atoms with van der Waals surface area (Å²) in [6.07, 6.45) is -5.44. The molecule has 0 radical (unpaired) electrons. The van der Waals surface area contributed by atoms with Crippen molar-refractivity contribution in [3.8, 4) is 5.75 Å². The fourth-order valence-corrected chi connectivity index (χ4v) is 6.68. The summed E-state index contributed by atoms with van der Waals surface area (Å²) in [6, 6.07) is 22.1. The fraction of sp³-hybridized carbons (Fsp3) is 0.250. The second kappa shape index (κ2) is 13.8. The number of alkyl halides is 3. The van der Waals surface area contributed by atoms with Gasteiger partial charge in [-0.3, -0.25) is 14.6 Å². The molecular formula is C32H29F3N4O7S. The number of piperidine rings is 1. The van der Waals surface area contributed by atoms with Crippen LogP contribution in [0.3, 0.4) is 0 Å². The Morgan fingerprint density at radius 2 is 1.66 bits per heavy atom. The topological polar surface area (TPSA) is 144 Å². The van der Waals surface area contributed by atoms with Crippen LogP contribution < -0.4 is 15.5 Å². The van der Waals surface area contributed by atoms with Gasteiger partial charge in [0.05, 0.1) is 16.3 Å². The van der Waals surface area contributed by atoms with Gasteiger partial charge < -0.3 is 14.9 Å². The molecule has 2 N–H and O–H groups in total. The summed E-state index contributed by atoms with van der Waals surface area (Å²) < 4.78 is 71.3. The number of sulfonamides is 1. The highest BCUT2D eigenvalue weighted by Gasteiger charge is 2.44. The van der Waals surface area contributed by atoms with Crippen LogP contribution in [0.4, 0.5) is 13.2 Å². The third kappa shape index (κ3) is 7.86. The van der Waals surface area contributed by atoms with Gasteiger partial charge in [-0.15, -0.1) is 0 Å². The van der Waals surface area contributed by atoms with Gasteiger partial charge in [0, 0.05) is 41.3 Å². The van der Waals surface area contributed by atoms with Crippen molar-refractivity contribution < 1.29 is 45.5 Å². The molecule has 11 nitrogen and oxygen atoms in total. The number of aryl methyl sites for hydroxylation is 1. The number of carbonyl (C=O) groups is 3. The summed E-state index contributed by atoms with van der Waals surface area (Å²) in [5.74, 6) is -5.44. The van der Waals surface area contributed by atoms with Crippen molar-refractivity contribution in [1.29, 1.82) is 0 Å². The Kier molecular flexibility index (Phi) is 9.77. The number of nitrogens with zero attached hydrogens (tertiary/aromatic N) is 2. The largest absolute Gasteiger partial charge is 0.493 e. The smallest absolute Gasteiger partial charge is 0.489 e. The third-order valence-corrected chi connectivity index (χ3v) is 9.41. The first-order valence-corrected chi connectivity index (χ1v) is 15.8. The standard InChI is InChI=1S/C32H29F3N4O7S/c1-20-17-22(25-9-5-6-10-27(25)36-20)19-45-23-13-11-21(12-14-23)29(40)37-28-15-16-39(47(43,44)24-7-3-2-4-8-24)18-26(28)30(41)38-46-31(42)32(33,34)35/h2-14,17,26,28H,15-16,18-19H2,1H3,(H,37,40)(H,38,41)/t26-,28+/m0/s1. The van der Waals surface area contributed by atoms with Crippen LogP contribution in [0.1, 0.15) is 28.0 Å². The molecule has 246 valence electrons. The Labute approximate surface area is 267 Å². The Morgan fingerprint density at radius 1 is 0.979 bits per heavy atom. The second-order valence-corrected chi connectivity index (χ2v) is 12.7. The molecule has 2 atom stereocenters. The predicted molar refractivity (Wildman–Crippen MR) is 162 cm³/mol. The minimum Gasteiger partial charge on any atom is -0.489 e. The van der Waals surface area contributed by atoms with E-state index in [-0.39, 0.29) is 30.0 Å². The Morgan fingerprint density at radius 3 is 2.36 bits per heavy atom. The van der Waals surface area contributed by atoms with Crippen molar-refractivity contribution in [2.75, 3.05) is 13.1 Å². The zero-order chi connectivity index (χ0) is 33.8. The van der Waals surface area contributed by atoms with Gasteiger partial charge in [-0.1, -0.05) is 36.4 Å². The number of hydrogen-bond acceptors (Lipinski definition) is 8. The summed E-state index contributed by atoms with van der Waals surface area (Å²) >= 11 is 0. The van der Waals surface area contributed by atoms with Crippen molar-refractivity contribution in [3.05, 3.63) is 102 Å². The Balaban J connectivity index is 1.28. The van der Waals surface area contributed by atoms with E-state index in [0.717, 1.165) is 26.5 Å². The van der Waals surface area contributed by atoms with Gasteiger partial charge in [-0.2, -0.15) is 23.0 Å². The van der Waals surface area contributed by atoms with Crippen LogP contribution in [0.5, 0.6) is 5.75 Å². The molecule has 0 unspecified atom stereocenters. The molecule has 0 bridgehead atoms. The lowest BCUT2D eigenvalue weighted by molar-refractivity contribution is -0.208. The van der Waals surface area contributed by atoms with Gasteiger partial charge >= 0.3 is 12.1 Å². The maximum Gasteiger partial charge on any atom is 0.493 e. The van der Waals surface area contributed by atoms with Crippen molar-refractivity contribution in [2.45, 2.75) is 37.1 Å². The van der Waals surface area contributed by atoms with E-state index in [1.807, 2.05) is 37.3 Å². The zero-order valence-corrected chi connectivity index (χ0v) is 25.7. The van der Waals surface area contributed by atoms with E-state index >= 15 is 0 Å². The number of hydrogen-bond donors (Lipinski definition) is 2. The molecule has 4 aromatic rings. The van der Waals surface area contributed by atoms with Gasteiger partial charge in [0.25, 0.3) is 11.8 Å². The molecule has 2 heterocycles. The summed E-state index contributed by atoms with van der Waals surface area (Å²) in [5, 5.41) is 3.62. The van der Waals surface area contributed by atoms with Gasteiger partial charge in [-0.25, -0.2) is 13.2 Å². The fourth-order valence-electron chi connectivity index (χ4n) is 5.18. The van der Waals surface area contributed by atoms with E-state index in [1.54, 1.807) is 18.2 Å². The highest BCUT2D eigenvalue weighted by atomic mass is 32.2. The van der Waals surface area contributed by atoms with Gasteiger partial charge in [-0.05, 0) is 61.9 Å². The van der Waals surface area contributed by atoms with Gasteiger partial charge in [0.15, 0.2) is 0 Å². The number of nitrogens with one attached hydrogen (secondary N) is 2. The van der Waals surface area contributed by atoms with E-state index < -0.39 is 52.5 Å². The molecule has 47 heavy (non-hydrogen) atoms. The van der Waals surface area contributed by atoms with Crippen LogP contribution >= 0.6 is 0 Å². The molecule has 15 heteroatoms. The molecule has 0 aliphatic carbocycles. The second-order valence-electron chi connectivity index (χ2n) is 10.8. The highest BCUT2D eigenvalue weighted by Crippen LogP contribution is 2.26. The number of halogens is 3. The predicted octanol–water partition coefficient (Wildman–Crippen LogP) is 4.07. The van der Waals surface area contributed by atoms with Crippen molar-refractivity contribution >= 4 is 38.7 Å². The molecule has 0 spiro atoms. The van der Waals surface area contributed by atoms with E-state index in [4.69, 9.17) is 4.74 Å². The Hall–Kier alpha value is -5.02. The van der Waals surface area contributed by atoms with E-state index in [0.29, 0.717) is 5.75 Å². The number of amides is 2. The Bertz CT molecular complexity index is 1890. The normalized spacial score (nSPS) is 17.1. The molecule has 2 amide bonds. The first-order chi connectivity index (χ1) is 22.3. The number of aromatic nitrogens is 1. The minimum absolute atomic E-state index is 0.0558. The first kappa shape index (κ1) is 33.3. The number of fused-ring (bicyclic) bond motifs is 1. The monoisotopic (exact) mass is 670 g/mol. The summed E-state index contributed by atoms with van der Waals surface area (Å²) in [7, 11) is -4.10. The lowest BCUT2D eigenvalue weighted by Gasteiger charge is -2.37. The number of rotatable bonds is 8. The third-order valence-electron chi connectivity index (χ3n) is 7.53. The molecule has 5 rings (SSSR count). The highest BCUT2D eigenvalue weighted by molar-refractivity contribution is 7.89. The lowest BCUT2D eigenvalue weighted by Crippen LogP contribution is -2.57. The van der Waals surface area contributed by atoms with Crippen LogP contribution in [-0.2, 0) is 31.1 Å². The quantitative estimate of drug-likeness (QED) is 0.267. The number of carbonyl (C=O) groups excluding carboxylic acids is 3. The van der Waals surface area contributed by atoms with E-state index in [2.05, 4.69) is 15.1 Å². The molecule has 1 aliphatic heterocycles. The molecule has 0 saturated carbocycles. The number of hydroxylamine groups is 1. The molecular weight excluding hydrogens is 641 g/mol. The van der Waals surface area contributed by atoms with Crippen LogP contribution in [0, 0.1) is 12.8 Å². The minimum atomic E-state index is -5.38. The summed E-state index contributed by atoms with van der Waals surface area (Å²) in [4.78, 5) is 45.7. The average Bonchev–Trinajstić information content (AvgIpc) is 3.06. The van der Waals surface area contributed by atoms with Crippen LogP contribution in [-0.4, -0.2) is 60.8 Å². The molecule has 1 aromatic heterocycles. The molecule has 1 fully saturated rings. The van der Waals surface area contributed by atoms with Gasteiger partial charge in [0.1, 0.15) is 12.4 Å². The van der Waals surface area contributed by atoms with Crippen LogP contribution in [0.25, 0.3) is 10.9 Å². The first-order valence-electron chi connectivity index (χ1n) is 14.3. The average molecular weight is 671 g/mol. The number of ether oxygens (including phenoxy) is 1. The SMILES string of the molecule is Cc1cc(COc2ccc(C(=O)N[C@@H]3CCN(S(=O)(=O)c4ccccc4)C[C@@H]3C(=O)NOC(=O)C(F)(F)F)cc2)c2ccccc2n1. The van der Waals surface area contributed by atoms with Crippen molar-refractivity contribution in [1.82, 2.24) is 20.1 Å².